The van der Waals surface area contributed by atoms with Gasteiger partial charge >= 0.3 is 0 Å². The second kappa shape index (κ2) is 10.3. The van der Waals surface area contributed by atoms with Gasteiger partial charge in [-0.25, -0.2) is 8.42 Å². The van der Waals surface area contributed by atoms with Crippen molar-refractivity contribution in [3.63, 3.8) is 0 Å². The number of sulfonamides is 1. The van der Waals surface area contributed by atoms with Crippen LogP contribution in [0.15, 0.2) is 53.4 Å². The molecule has 2 N–H and O–H groups in total. The van der Waals surface area contributed by atoms with Crippen LogP contribution in [0.2, 0.25) is 5.02 Å². The summed E-state index contributed by atoms with van der Waals surface area (Å²) in [5.41, 5.74) is 0.565. The van der Waals surface area contributed by atoms with Crippen LogP contribution >= 0.6 is 11.6 Å². The molecule has 1 heterocycles. The summed E-state index contributed by atoms with van der Waals surface area (Å²) in [6, 6.07) is 12.0. The summed E-state index contributed by atoms with van der Waals surface area (Å²) in [7, 11) is -2.23. The zero-order valence-electron chi connectivity index (χ0n) is 17.9. The lowest BCUT2D eigenvalue weighted by Gasteiger charge is -2.31. The smallest absolute Gasteiger partial charge is 0.246 e. The fourth-order valence-electron chi connectivity index (χ4n) is 3.45. The minimum Gasteiger partial charge on any atom is -0.497 e. The van der Waals surface area contributed by atoms with Crippen molar-refractivity contribution < 1.29 is 22.7 Å². The number of amides is 2. The molecular formula is C22H26ClN3O5S. The Bertz CT molecular complexity index is 1060. The number of methoxy groups -OCH3 is 1. The van der Waals surface area contributed by atoms with Crippen molar-refractivity contribution in [3.8, 4) is 5.75 Å². The van der Waals surface area contributed by atoms with Crippen molar-refractivity contribution in [2.45, 2.75) is 30.7 Å². The molecule has 32 heavy (non-hydrogen) atoms. The van der Waals surface area contributed by atoms with Crippen LogP contribution in [0.25, 0.3) is 0 Å². The third-order valence-electron chi connectivity index (χ3n) is 5.32. The Morgan fingerprint density at radius 2 is 1.78 bits per heavy atom. The molecule has 2 amide bonds. The predicted octanol–water partition coefficient (Wildman–Crippen LogP) is 2.89. The number of nitrogens with one attached hydrogen (secondary N) is 2. The molecule has 0 aromatic heterocycles. The van der Waals surface area contributed by atoms with E-state index < -0.39 is 22.0 Å². The first-order chi connectivity index (χ1) is 15.2. The number of hydrogen-bond donors (Lipinski definition) is 2. The highest BCUT2D eigenvalue weighted by atomic mass is 35.5. The zero-order chi connectivity index (χ0) is 23.3. The van der Waals surface area contributed by atoms with Crippen LogP contribution in [0.5, 0.6) is 5.75 Å². The van der Waals surface area contributed by atoms with E-state index in [1.165, 1.54) is 23.5 Å². The van der Waals surface area contributed by atoms with Gasteiger partial charge in [-0.15, -0.1) is 0 Å². The van der Waals surface area contributed by atoms with E-state index in [9.17, 15) is 18.0 Å². The van der Waals surface area contributed by atoms with Crippen molar-refractivity contribution in [2.75, 3.05) is 25.5 Å². The lowest BCUT2D eigenvalue weighted by molar-refractivity contribution is -0.129. The fourth-order valence-corrected chi connectivity index (χ4v) is 5.10. The summed E-state index contributed by atoms with van der Waals surface area (Å²) in [6.07, 6.45) is 1.10. The molecule has 172 valence electrons. The predicted molar refractivity (Wildman–Crippen MR) is 122 cm³/mol. The Hall–Kier alpha value is -2.62. The highest BCUT2D eigenvalue weighted by Gasteiger charge is 2.34. The first kappa shape index (κ1) is 24.0. The Morgan fingerprint density at radius 1 is 1.12 bits per heavy atom. The number of anilines is 1. The summed E-state index contributed by atoms with van der Waals surface area (Å²) in [6.45, 7) is 1.98. The standard InChI is InChI=1S/C22H26ClN3O5S/c1-15(21(27)25-18-7-5-17(23)6-8-18)24-22(28)16-4-3-13-26(14-16)32(29,30)20-11-9-19(31-2)10-12-20/h5-12,15-16H,3-4,13-14H2,1-2H3,(H,24,28)(H,25,27). The molecule has 1 fully saturated rings. The second-order valence-electron chi connectivity index (χ2n) is 7.60. The van der Waals surface area contributed by atoms with Crippen molar-refractivity contribution in [2.24, 2.45) is 5.92 Å². The first-order valence-corrected chi connectivity index (χ1v) is 12.0. The van der Waals surface area contributed by atoms with E-state index in [0.29, 0.717) is 35.8 Å². The monoisotopic (exact) mass is 479 g/mol. The summed E-state index contributed by atoms with van der Waals surface area (Å²) in [5.74, 6) is -0.703. The van der Waals surface area contributed by atoms with Crippen LogP contribution in [0, 0.1) is 5.92 Å². The van der Waals surface area contributed by atoms with E-state index in [-0.39, 0.29) is 23.3 Å². The summed E-state index contributed by atoms with van der Waals surface area (Å²) in [5, 5.41) is 5.96. The number of nitrogens with zero attached hydrogens (tertiary/aromatic N) is 1. The van der Waals surface area contributed by atoms with Gasteiger partial charge in [-0.3, -0.25) is 9.59 Å². The molecule has 2 aromatic rings. The maximum Gasteiger partial charge on any atom is 0.246 e. The Kier molecular flexibility index (Phi) is 7.76. The minimum atomic E-state index is -3.73. The van der Waals surface area contributed by atoms with Crippen LogP contribution in [0.3, 0.4) is 0 Å². The molecule has 0 bridgehead atoms. The van der Waals surface area contributed by atoms with E-state index in [4.69, 9.17) is 16.3 Å². The summed E-state index contributed by atoms with van der Waals surface area (Å²) >= 11 is 5.84. The maximum absolute atomic E-state index is 13.0. The number of ether oxygens (including phenoxy) is 1. The highest BCUT2D eigenvalue weighted by molar-refractivity contribution is 7.89. The van der Waals surface area contributed by atoms with Gasteiger partial charge in [-0.1, -0.05) is 11.6 Å². The third kappa shape index (κ3) is 5.79. The third-order valence-corrected chi connectivity index (χ3v) is 7.45. The van der Waals surface area contributed by atoms with Crippen LogP contribution in [-0.4, -0.2) is 50.8 Å². The number of halogens is 1. The number of rotatable bonds is 7. The van der Waals surface area contributed by atoms with Crippen molar-refractivity contribution in [3.05, 3.63) is 53.6 Å². The molecule has 1 aliphatic heterocycles. The maximum atomic E-state index is 13.0. The number of carbonyl (C=O) groups is 2. The molecular weight excluding hydrogens is 454 g/mol. The van der Waals surface area contributed by atoms with E-state index in [1.807, 2.05) is 0 Å². The van der Waals surface area contributed by atoms with Gasteiger partial charge in [0.15, 0.2) is 0 Å². The number of benzene rings is 2. The molecule has 2 unspecified atom stereocenters. The number of piperidine rings is 1. The zero-order valence-corrected chi connectivity index (χ0v) is 19.4. The molecule has 10 heteroatoms. The summed E-state index contributed by atoms with van der Waals surface area (Å²) < 4.78 is 32.4. The molecule has 8 nitrogen and oxygen atoms in total. The quantitative estimate of drug-likeness (QED) is 0.635. The molecule has 3 rings (SSSR count). The summed E-state index contributed by atoms with van der Waals surface area (Å²) in [4.78, 5) is 25.3. The Morgan fingerprint density at radius 3 is 2.41 bits per heavy atom. The van der Waals surface area contributed by atoms with Crippen molar-refractivity contribution in [1.29, 1.82) is 0 Å². The Labute approximate surface area is 192 Å². The molecule has 1 aliphatic rings. The van der Waals surface area contributed by atoms with Gasteiger partial charge in [0.1, 0.15) is 11.8 Å². The van der Waals surface area contributed by atoms with Crippen LogP contribution in [0.1, 0.15) is 19.8 Å². The average Bonchev–Trinajstić information content (AvgIpc) is 2.80. The van der Waals surface area contributed by atoms with Gasteiger partial charge in [0.05, 0.1) is 17.9 Å². The van der Waals surface area contributed by atoms with E-state index in [2.05, 4.69) is 10.6 Å². The molecule has 0 spiro atoms. The van der Waals surface area contributed by atoms with Crippen LogP contribution in [0.4, 0.5) is 5.69 Å². The molecule has 1 saturated heterocycles. The Balaban J connectivity index is 1.60. The van der Waals surface area contributed by atoms with E-state index in [1.54, 1.807) is 43.3 Å². The second-order valence-corrected chi connectivity index (χ2v) is 9.98. The van der Waals surface area contributed by atoms with Gasteiger partial charge in [0, 0.05) is 23.8 Å². The van der Waals surface area contributed by atoms with E-state index in [0.717, 1.165) is 0 Å². The van der Waals surface area contributed by atoms with Crippen molar-refractivity contribution in [1.82, 2.24) is 9.62 Å². The van der Waals surface area contributed by atoms with Gasteiger partial charge in [-0.05, 0) is 68.3 Å². The molecule has 2 atom stereocenters. The first-order valence-electron chi connectivity index (χ1n) is 10.2. The van der Waals surface area contributed by atoms with Crippen LogP contribution < -0.4 is 15.4 Å². The largest absolute Gasteiger partial charge is 0.497 e. The molecule has 0 radical (unpaired) electrons. The van der Waals surface area contributed by atoms with Gasteiger partial charge in [-0.2, -0.15) is 4.31 Å². The van der Waals surface area contributed by atoms with E-state index >= 15 is 0 Å². The van der Waals surface area contributed by atoms with Gasteiger partial charge < -0.3 is 15.4 Å². The molecule has 2 aromatic carbocycles. The lowest BCUT2D eigenvalue weighted by Crippen LogP contribution is -2.49. The molecule has 0 saturated carbocycles. The lowest BCUT2D eigenvalue weighted by atomic mass is 9.98. The SMILES string of the molecule is COc1ccc(S(=O)(=O)N2CCCC(C(=O)NC(C)C(=O)Nc3ccc(Cl)cc3)C2)cc1. The topological polar surface area (TPSA) is 105 Å². The average molecular weight is 480 g/mol. The van der Waals surface area contributed by atoms with Crippen molar-refractivity contribution >= 4 is 39.1 Å². The minimum absolute atomic E-state index is 0.0612. The number of hydrogen-bond acceptors (Lipinski definition) is 5. The molecule has 0 aliphatic carbocycles. The normalized spacial score (nSPS) is 17.9. The number of carbonyl (C=O) groups excluding carboxylic acids is 2. The van der Waals surface area contributed by atoms with Crippen LogP contribution in [-0.2, 0) is 19.6 Å². The fraction of sp³-hybridized carbons (Fsp3) is 0.364. The van der Waals surface area contributed by atoms with Gasteiger partial charge in [0.2, 0.25) is 21.8 Å². The van der Waals surface area contributed by atoms with Gasteiger partial charge in [0.25, 0.3) is 0 Å². The highest BCUT2D eigenvalue weighted by Crippen LogP contribution is 2.25.